The van der Waals surface area contributed by atoms with Gasteiger partial charge in [-0.05, 0) is 67.5 Å². The molecule has 0 spiro atoms. The number of amides is 2. The first-order chi connectivity index (χ1) is 20.4. The fraction of sp³-hybridized carbons (Fsp3) is 0.333. The van der Waals surface area contributed by atoms with Crippen LogP contribution >= 0.6 is 11.8 Å². The number of carbonyl (C=O) groups excluding carboxylic acids is 2. The van der Waals surface area contributed by atoms with Crippen LogP contribution in [0.5, 0.6) is 0 Å². The fourth-order valence-electron chi connectivity index (χ4n) is 5.33. The van der Waals surface area contributed by atoms with Crippen molar-refractivity contribution in [2.24, 2.45) is 0 Å². The maximum absolute atomic E-state index is 12.8. The summed E-state index contributed by atoms with van der Waals surface area (Å²) in [6, 6.07) is 13.8. The molecule has 2 aliphatic heterocycles. The molecule has 2 aromatic heterocycles. The minimum Gasteiger partial charge on any atom is -0.362 e. The predicted octanol–water partition coefficient (Wildman–Crippen LogP) is 6.01. The van der Waals surface area contributed by atoms with E-state index in [1.54, 1.807) is 16.7 Å². The fourth-order valence-corrected chi connectivity index (χ4v) is 5.97. The molecule has 1 atom stereocenters. The number of hydrogen-bond donors (Lipinski definition) is 1. The third-order valence-electron chi connectivity index (χ3n) is 7.81. The molecule has 1 aromatic carbocycles. The molecular weight excluding hydrogens is 549 g/mol. The summed E-state index contributed by atoms with van der Waals surface area (Å²) >= 11 is 1.63. The lowest BCUT2D eigenvalue weighted by Gasteiger charge is -2.32. The molecule has 42 heavy (non-hydrogen) atoms. The van der Waals surface area contributed by atoms with E-state index < -0.39 is 6.67 Å². The molecule has 4 heterocycles. The molecule has 9 heteroatoms. The summed E-state index contributed by atoms with van der Waals surface area (Å²) in [6.07, 6.45) is 11.4. The van der Waals surface area contributed by atoms with Crippen LogP contribution in [0.1, 0.15) is 63.9 Å². The van der Waals surface area contributed by atoms with E-state index in [0.717, 1.165) is 50.8 Å². The summed E-state index contributed by atoms with van der Waals surface area (Å²) in [5.74, 6) is -0.119. The smallest absolute Gasteiger partial charge is 0.251 e. The first kappa shape index (κ1) is 29.5. The van der Waals surface area contributed by atoms with Crippen LogP contribution in [0.2, 0.25) is 0 Å². The minimum absolute atomic E-state index is 0.00518. The number of hydrogen-bond acceptors (Lipinski definition) is 6. The summed E-state index contributed by atoms with van der Waals surface area (Å²) in [4.78, 5) is 39.7. The highest BCUT2D eigenvalue weighted by molar-refractivity contribution is 7.98. The highest BCUT2D eigenvalue weighted by Gasteiger charge is 2.24. The Kier molecular flexibility index (Phi) is 9.37. The van der Waals surface area contributed by atoms with Crippen molar-refractivity contribution in [3.63, 3.8) is 0 Å². The molecule has 3 aromatic rings. The number of aromatic nitrogens is 2. The SMILES string of the molecule is CSc1cc(C(=O)NCc2cc3c(cn2)C=CC(c2cccc(C4=CCN(C(=O)CCCF)CC4)n2)N3C)ccc1C. The molecule has 0 saturated carbocycles. The van der Waals surface area contributed by atoms with Gasteiger partial charge in [0.25, 0.3) is 5.91 Å². The van der Waals surface area contributed by atoms with Crippen molar-refractivity contribution in [1.82, 2.24) is 20.2 Å². The van der Waals surface area contributed by atoms with Crippen LogP contribution in [-0.2, 0) is 11.3 Å². The van der Waals surface area contributed by atoms with Gasteiger partial charge >= 0.3 is 0 Å². The van der Waals surface area contributed by atoms with Gasteiger partial charge in [0.1, 0.15) is 0 Å². The molecule has 0 saturated heterocycles. The third kappa shape index (κ3) is 6.57. The number of pyridine rings is 2. The van der Waals surface area contributed by atoms with Crippen LogP contribution < -0.4 is 10.2 Å². The maximum Gasteiger partial charge on any atom is 0.251 e. The lowest BCUT2D eigenvalue weighted by molar-refractivity contribution is -0.130. The van der Waals surface area contributed by atoms with Crippen molar-refractivity contribution < 1.29 is 14.0 Å². The average Bonchev–Trinajstić information content (AvgIpc) is 3.03. The second-order valence-corrected chi connectivity index (χ2v) is 11.4. The summed E-state index contributed by atoms with van der Waals surface area (Å²) < 4.78 is 12.5. The summed E-state index contributed by atoms with van der Waals surface area (Å²) in [5.41, 5.74) is 7.56. The quantitative estimate of drug-likeness (QED) is 0.310. The Labute approximate surface area is 250 Å². The number of nitrogens with zero attached hydrogens (tertiary/aromatic N) is 4. The largest absolute Gasteiger partial charge is 0.362 e. The molecule has 0 aliphatic carbocycles. The molecule has 218 valence electrons. The molecule has 2 aliphatic rings. The number of likely N-dealkylation sites (N-methyl/N-ethyl adjacent to an activating group) is 1. The Morgan fingerprint density at radius 1 is 1.19 bits per heavy atom. The van der Waals surface area contributed by atoms with E-state index in [-0.39, 0.29) is 30.7 Å². The number of fused-ring (bicyclic) bond motifs is 1. The number of rotatable bonds is 9. The number of nitrogens with one attached hydrogen (secondary N) is 1. The van der Waals surface area contributed by atoms with Crippen molar-refractivity contribution in [2.45, 2.75) is 43.7 Å². The van der Waals surface area contributed by atoms with Gasteiger partial charge in [-0.1, -0.05) is 30.4 Å². The number of carbonyl (C=O) groups is 2. The third-order valence-corrected chi connectivity index (χ3v) is 8.69. The van der Waals surface area contributed by atoms with Gasteiger partial charge < -0.3 is 15.1 Å². The number of anilines is 1. The molecule has 2 amide bonds. The lowest BCUT2D eigenvalue weighted by Crippen LogP contribution is -2.34. The first-order valence-corrected chi connectivity index (χ1v) is 15.4. The van der Waals surface area contributed by atoms with Crippen molar-refractivity contribution in [2.75, 3.05) is 38.0 Å². The molecule has 7 nitrogen and oxygen atoms in total. The number of thioether (sulfide) groups is 1. The van der Waals surface area contributed by atoms with E-state index >= 15 is 0 Å². The topological polar surface area (TPSA) is 78.4 Å². The van der Waals surface area contributed by atoms with E-state index in [4.69, 9.17) is 4.98 Å². The number of alkyl halides is 1. The van der Waals surface area contributed by atoms with Gasteiger partial charge in [0.05, 0.1) is 36.3 Å². The van der Waals surface area contributed by atoms with Crippen LogP contribution in [0.3, 0.4) is 0 Å². The zero-order valence-electron chi connectivity index (χ0n) is 24.3. The second kappa shape index (κ2) is 13.3. The van der Waals surface area contributed by atoms with E-state index in [0.29, 0.717) is 25.2 Å². The van der Waals surface area contributed by atoms with Crippen LogP contribution in [0.25, 0.3) is 11.6 Å². The monoisotopic (exact) mass is 585 g/mol. The zero-order valence-corrected chi connectivity index (χ0v) is 25.1. The highest BCUT2D eigenvalue weighted by atomic mass is 32.2. The van der Waals surface area contributed by atoms with Crippen LogP contribution in [0, 0.1) is 6.92 Å². The van der Waals surface area contributed by atoms with Gasteiger partial charge in [-0.25, -0.2) is 0 Å². The van der Waals surface area contributed by atoms with E-state index in [1.807, 2.05) is 68.9 Å². The standard InChI is InChI=1S/C33H36FN5O2S/c1-22-9-10-24(18-31(22)42-3)33(41)36-21-26-19-30-25(20-35-26)11-12-29(38(30)2)28-7-4-6-27(37-28)23-13-16-39(17-14-23)32(40)8-5-15-34/h4,6-7,9-13,18-20,29H,5,8,14-17,21H2,1-3H3,(H,36,41). The van der Waals surface area contributed by atoms with E-state index in [9.17, 15) is 14.0 Å². The van der Waals surface area contributed by atoms with Crippen LogP contribution in [-0.4, -0.2) is 59.7 Å². The Hall–Kier alpha value is -3.98. The lowest BCUT2D eigenvalue weighted by atomic mass is 10.00. The van der Waals surface area contributed by atoms with Gasteiger partial charge in [-0.2, -0.15) is 0 Å². The Morgan fingerprint density at radius 3 is 2.81 bits per heavy atom. The van der Waals surface area contributed by atoms with Gasteiger partial charge in [0.2, 0.25) is 5.91 Å². The van der Waals surface area contributed by atoms with Gasteiger partial charge in [-0.3, -0.25) is 23.9 Å². The molecular formula is C33H36FN5O2S. The predicted molar refractivity (Wildman–Crippen MR) is 167 cm³/mol. The zero-order chi connectivity index (χ0) is 29.6. The molecule has 1 unspecified atom stereocenters. The Bertz CT molecular complexity index is 1540. The van der Waals surface area contributed by atoms with E-state index in [2.05, 4.69) is 33.4 Å². The Balaban J connectivity index is 1.27. The normalized spacial score (nSPS) is 16.2. The van der Waals surface area contributed by atoms with E-state index in [1.165, 1.54) is 0 Å². The highest BCUT2D eigenvalue weighted by Crippen LogP contribution is 2.35. The number of aryl methyl sites for hydroxylation is 1. The first-order valence-electron chi connectivity index (χ1n) is 14.2. The maximum atomic E-state index is 12.8. The van der Waals surface area contributed by atoms with Gasteiger partial charge in [-0.15, -0.1) is 11.8 Å². The summed E-state index contributed by atoms with van der Waals surface area (Å²) in [5, 5.41) is 3.01. The second-order valence-electron chi connectivity index (χ2n) is 10.6. The molecule has 0 radical (unpaired) electrons. The minimum atomic E-state index is -0.465. The number of halogens is 1. The average molecular weight is 586 g/mol. The van der Waals surface area contributed by atoms with Gasteiger partial charge in [0.15, 0.2) is 0 Å². The Morgan fingerprint density at radius 2 is 2.05 bits per heavy atom. The molecule has 0 fully saturated rings. The number of benzene rings is 1. The van der Waals surface area contributed by atoms with Crippen molar-refractivity contribution in [3.8, 4) is 0 Å². The molecule has 1 N–H and O–H groups in total. The van der Waals surface area contributed by atoms with Gasteiger partial charge in [0, 0.05) is 54.5 Å². The molecule has 5 rings (SSSR count). The summed E-state index contributed by atoms with van der Waals surface area (Å²) in [7, 11) is 2.04. The van der Waals surface area contributed by atoms with Crippen LogP contribution in [0.15, 0.2) is 65.7 Å². The van der Waals surface area contributed by atoms with Crippen molar-refractivity contribution >= 4 is 40.9 Å². The van der Waals surface area contributed by atoms with Crippen molar-refractivity contribution in [1.29, 1.82) is 0 Å². The van der Waals surface area contributed by atoms with Crippen molar-refractivity contribution in [3.05, 3.63) is 94.6 Å². The summed E-state index contributed by atoms with van der Waals surface area (Å²) in [6.45, 7) is 3.05. The molecule has 0 bridgehead atoms. The van der Waals surface area contributed by atoms with Crippen LogP contribution in [0.4, 0.5) is 10.1 Å².